The number of nitrogens with zero attached hydrogens (tertiary/aromatic N) is 2. The maximum absolute atomic E-state index is 12.6. The molecule has 136 valence electrons. The molecule has 0 radical (unpaired) electrons. The molecule has 1 saturated heterocycles. The van der Waals surface area contributed by atoms with Gasteiger partial charge in [-0.2, -0.15) is 5.10 Å². The van der Waals surface area contributed by atoms with Crippen LogP contribution in [0.4, 0.5) is 0 Å². The average Bonchev–Trinajstić information content (AvgIpc) is 2.64. The van der Waals surface area contributed by atoms with Crippen molar-refractivity contribution in [2.24, 2.45) is 0 Å². The van der Waals surface area contributed by atoms with Crippen LogP contribution in [0, 0.1) is 13.8 Å². The molecule has 7 heteroatoms. The van der Waals surface area contributed by atoms with Gasteiger partial charge in [-0.1, -0.05) is 6.07 Å². The van der Waals surface area contributed by atoms with Gasteiger partial charge in [0.1, 0.15) is 5.69 Å². The molecule has 0 aliphatic carbocycles. The van der Waals surface area contributed by atoms with E-state index in [0.29, 0.717) is 31.5 Å². The highest BCUT2D eigenvalue weighted by Crippen LogP contribution is 2.16. The highest BCUT2D eigenvalue weighted by atomic mass is 16.2. The van der Waals surface area contributed by atoms with E-state index in [2.05, 4.69) is 15.5 Å². The number of H-pyrrole nitrogens is 1. The lowest BCUT2D eigenvalue weighted by molar-refractivity contribution is 0.0697. The van der Waals surface area contributed by atoms with Crippen molar-refractivity contribution in [2.45, 2.75) is 32.7 Å². The number of aromatic nitrogens is 2. The number of carbonyl (C=O) groups is 2. The van der Waals surface area contributed by atoms with Crippen molar-refractivity contribution in [1.82, 2.24) is 20.4 Å². The zero-order chi connectivity index (χ0) is 18.7. The van der Waals surface area contributed by atoms with E-state index >= 15 is 0 Å². The number of benzene rings is 1. The van der Waals surface area contributed by atoms with E-state index in [1.807, 2.05) is 36.9 Å². The van der Waals surface area contributed by atoms with Gasteiger partial charge in [-0.05, 0) is 56.0 Å². The molecule has 7 nitrogen and oxygen atoms in total. The standard InChI is InChI=1S/C19H22N4O3/c1-12-3-4-14(11-13(12)2)19(26)23-9-7-15(8-10-23)20-18(25)16-5-6-17(24)22-21-16/h3-6,11,15H,7-10H2,1-2H3,(H,20,25)(H,22,24). The Bertz CT molecular complexity index is 862. The van der Waals surface area contributed by atoms with Crippen LogP contribution < -0.4 is 10.9 Å². The number of aromatic amines is 1. The van der Waals surface area contributed by atoms with E-state index in [-0.39, 0.29) is 29.1 Å². The molecule has 0 unspecified atom stereocenters. The molecule has 2 aromatic rings. The largest absolute Gasteiger partial charge is 0.348 e. The number of carbonyl (C=O) groups excluding carboxylic acids is 2. The van der Waals surface area contributed by atoms with Crippen LogP contribution in [0.1, 0.15) is 44.8 Å². The van der Waals surface area contributed by atoms with E-state index in [4.69, 9.17) is 0 Å². The summed E-state index contributed by atoms with van der Waals surface area (Å²) in [6, 6.07) is 8.40. The molecule has 1 aromatic carbocycles. The van der Waals surface area contributed by atoms with Crippen molar-refractivity contribution < 1.29 is 9.59 Å². The summed E-state index contributed by atoms with van der Waals surface area (Å²) < 4.78 is 0. The van der Waals surface area contributed by atoms with E-state index in [1.54, 1.807) is 0 Å². The summed E-state index contributed by atoms with van der Waals surface area (Å²) in [7, 11) is 0. The SMILES string of the molecule is Cc1ccc(C(=O)N2CCC(NC(=O)c3ccc(=O)[nH]n3)CC2)cc1C. The third-order valence-corrected chi connectivity index (χ3v) is 4.78. The number of likely N-dealkylation sites (tertiary alicyclic amines) is 1. The number of hydrogen-bond acceptors (Lipinski definition) is 4. The fourth-order valence-corrected chi connectivity index (χ4v) is 3.01. The second kappa shape index (κ2) is 7.51. The van der Waals surface area contributed by atoms with Gasteiger partial charge in [0.15, 0.2) is 0 Å². The number of hydrogen-bond donors (Lipinski definition) is 2. The molecule has 2 amide bonds. The number of aryl methyl sites for hydroxylation is 2. The Labute approximate surface area is 151 Å². The van der Waals surface area contributed by atoms with Crippen LogP contribution >= 0.6 is 0 Å². The van der Waals surface area contributed by atoms with Crippen LogP contribution in [0.5, 0.6) is 0 Å². The number of rotatable bonds is 3. The Morgan fingerprint density at radius 1 is 1.12 bits per heavy atom. The summed E-state index contributed by atoms with van der Waals surface area (Å²) in [5.74, 6) is -0.291. The summed E-state index contributed by atoms with van der Waals surface area (Å²) in [6.45, 7) is 5.21. The smallest absolute Gasteiger partial charge is 0.271 e. The van der Waals surface area contributed by atoms with Crippen LogP contribution in [0.3, 0.4) is 0 Å². The van der Waals surface area contributed by atoms with Crippen molar-refractivity contribution in [2.75, 3.05) is 13.1 Å². The Hall–Kier alpha value is -2.96. The van der Waals surface area contributed by atoms with Gasteiger partial charge in [0.2, 0.25) is 0 Å². The third kappa shape index (κ3) is 3.99. The number of piperidine rings is 1. The zero-order valence-electron chi connectivity index (χ0n) is 14.9. The van der Waals surface area contributed by atoms with Crippen molar-refractivity contribution in [3.8, 4) is 0 Å². The molecule has 1 aromatic heterocycles. The third-order valence-electron chi connectivity index (χ3n) is 4.78. The molecule has 3 rings (SSSR count). The molecule has 1 aliphatic heterocycles. The lowest BCUT2D eigenvalue weighted by Gasteiger charge is -2.32. The maximum atomic E-state index is 12.6. The molecule has 1 aliphatic rings. The van der Waals surface area contributed by atoms with Gasteiger partial charge in [0, 0.05) is 30.8 Å². The minimum Gasteiger partial charge on any atom is -0.348 e. The molecule has 0 saturated carbocycles. The fourth-order valence-electron chi connectivity index (χ4n) is 3.01. The fraction of sp³-hybridized carbons (Fsp3) is 0.368. The first-order chi connectivity index (χ1) is 12.4. The molecule has 2 heterocycles. The molecule has 0 spiro atoms. The Kier molecular flexibility index (Phi) is 5.16. The molecular weight excluding hydrogens is 332 g/mol. The number of amides is 2. The quantitative estimate of drug-likeness (QED) is 0.871. The summed E-state index contributed by atoms with van der Waals surface area (Å²) >= 11 is 0. The van der Waals surface area contributed by atoms with Crippen LogP contribution in [0.15, 0.2) is 35.1 Å². The van der Waals surface area contributed by atoms with E-state index in [1.165, 1.54) is 17.7 Å². The summed E-state index contributed by atoms with van der Waals surface area (Å²) in [4.78, 5) is 37.6. The second-order valence-electron chi connectivity index (χ2n) is 6.65. The van der Waals surface area contributed by atoms with E-state index in [9.17, 15) is 14.4 Å². The van der Waals surface area contributed by atoms with Crippen molar-refractivity contribution in [3.63, 3.8) is 0 Å². The molecular formula is C19H22N4O3. The van der Waals surface area contributed by atoms with Crippen LogP contribution in [-0.4, -0.2) is 46.0 Å². The van der Waals surface area contributed by atoms with Gasteiger partial charge in [-0.25, -0.2) is 5.10 Å². The predicted molar refractivity (Wildman–Crippen MR) is 97.2 cm³/mol. The normalized spacial score (nSPS) is 14.9. The van der Waals surface area contributed by atoms with Gasteiger partial charge in [-0.15, -0.1) is 0 Å². The average molecular weight is 354 g/mol. The van der Waals surface area contributed by atoms with Gasteiger partial charge < -0.3 is 10.2 Å². The Morgan fingerprint density at radius 2 is 1.85 bits per heavy atom. The first-order valence-electron chi connectivity index (χ1n) is 8.67. The first kappa shape index (κ1) is 17.8. The molecule has 1 fully saturated rings. The van der Waals surface area contributed by atoms with Crippen LogP contribution in [0.2, 0.25) is 0 Å². The maximum Gasteiger partial charge on any atom is 0.271 e. The van der Waals surface area contributed by atoms with Crippen molar-refractivity contribution in [3.05, 3.63) is 63.1 Å². The minimum atomic E-state index is -0.347. The number of nitrogens with one attached hydrogen (secondary N) is 2. The monoisotopic (exact) mass is 354 g/mol. The lowest BCUT2D eigenvalue weighted by Crippen LogP contribution is -2.46. The zero-order valence-corrected chi connectivity index (χ0v) is 14.9. The molecule has 0 bridgehead atoms. The van der Waals surface area contributed by atoms with Gasteiger partial charge in [0.05, 0.1) is 0 Å². The summed E-state index contributed by atoms with van der Waals surface area (Å²) in [5, 5.41) is 8.88. The van der Waals surface area contributed by atoms with Gasteiger partial charge >= 0.3 is 0 Å². The Balaban J connectivity index is 1.56. The van der Waals surface area contributed by atoms with E-state index < -0.39 is 0 Å². The van der Waals surface area contributed by atoms with Crippen molar-refractivity contribution in [1.29, 1.82) is 0 Å². The van der Waals surface area contributed by atoms with Gasteiger partial charge in [-0.3, -0.25) is 14.4 Å². The highest BCUT2D eigenvalue weighted by Gasteiger charge is 2.25. The predicted octanol–water partition coefficient (Wildman–Crippen LogP) is 1.42. The minimum absolute atomic E-state index is 0.0139. The Morgan fingerprint density at radius 3 is 2.46 bits per heavy atom. The summed E-state index contributed by atoms with van der Waals surface area (Å²) in [6.07, 6.45) is 1.37. The van der Waals surface area contributed by atoms with Crippen molar-refractivity contribution >= 4 is 11.8 Å². The van der Waals surface area contributed by atoms with Crippen LogP contribution in [0.25, 0.3) is 0 Å². The van der Waals surface area contributed by atoms with E-state index in [0.717, 1.165) is 5.56 Å². The first-order valence-corrected chi connectivity index (χ1v) is 8.67. The lowest BCUT2D eigenvalue weighted by atomic mass is 10.0. The molecule has 2 N–H and O–H groups in total. The second-order valence-corrected chi connectivity index (χ2v) is 6.65. The topological polar surface area (TPSA) is 95.2 Å². The summed E-state index contributed by atoms with van der Waals surface area (Å²) in [5.41, 5.74) is 2.80. The van der Waals surface area contributed by atoms with Gasteiger partial charge in [0.25, 0.3) is 17.4 Å². The highest BCUT2D eigenvalue weighted by molar-refractivity contribution is 5.94. The van der Waals surface area contributed by atoms with Crippen LogP contribution in [-0.2, 0) is 0 Å². The molecule has 26 heavy (non-hydrogen) atoms. The molecule has 0 atom stereocenters.